The summed E-state index contributed by atoms with van der Waals surface area (Å²) in [6, 6.07) is 14.6. The minimum absolute atomic E-state index is 0.0138. The zero-order valence-corrected chi connectivity index (χ0v) is 15.6. The van der Waals surface area contributed by atoms with Crippen LogP contribution in [0.15, 0.2) is 42.5 Å². The van der Waals surface area contributed by atoms with Crippen LogP contribution in [0, 0.1) is 17.4 Å². The van der Waals surface area contributed by atoms with Crippen LogP contribution >= 0.6 is 0 Å². The third-order valence-corrected chi connectivity index (χ3v) is 5.89. The van der Waals surface area contributed by atoms with E-state index in [-0.39, 0.29) is 17.9 Å². The molecular formula is C22H24N4O. The molecule has 0 bridgehead atoms. The lowest BCUT2D eigenvalue weighted by Gasteiger charge is -2.38. The molecule has 2 atom stereocenters. The third-order valence-electron chi connectivity index (χ3n) is 5.89. The molecule has 0 saturated carbocycles. The fourth-order valence-corrected chi connectivity index (χ4v) is 4.60. The molecule has 2 aromatic rings. The van der Waals surface area contributed by atoms with E-state index in [0.717, 1.165) is 36.1 Å². The average molecular weight is 360 g/mol. The van der Waals surface area contributed by atoms with Crippen molar-refractivity contribution in [3.63, 3.8) is 0 Å². The number of nitrogens with zero attached hydrogens (tertiary/aromatic N) is 3. The van der Waals surface area contributed by atoms with Gasteiger partial charge in [0, 0.05) is 6.04 Å². The monoisotopic (exact) mass is 360 g/mol. The number of likely N-dealkylation sites (tertiary alicyclic amines) is 1. The van der Waals surface area contributed by atoms with E-state index in [2.05, 4.69) is 42.4 Å². The molecule has 0 spiro atoms. The van der Waals surface area contributed by atoms with Gasteiger partial charge < -0.3 is 10.6 Å². The van der Waals surface area contributed by atoms with Crippen LogP contribution in [0.1, 0.15) is 35.6 Å². The van der Waals surface area contributed by atoms with Crippen LogP contribution in [0.5, 0.6) is 0 Å². The molecule has 2 N–H and O–H groups in total. The summed E-state index contributed by atoms with van der Waals surface area (Å²) in [6.45, 7) is 2.21. The first-order chi connectivity index (χ1) is 13.1. The molecule has 4 rings (SSSR count). The zero-order valence-electron chi connectivity index (χ0n) is 15.6. The highest BCUT2D eigenvalue weighted by atomic mass is 16.1. The van der Waals surface area contributed by atoms with E-state index in [1.165, 1.54) is 11.1 Å². The van der Waals surface area contributed by atoms with Gasteiger partial charge in [0.05, 0.1) is 19.0 Å². The zero-order chi connectivity index (χ0) is 19.0. The quantitative estimate of drug-likeness (QED) is 0.854. The molecule has 27 heavy (non-hydrogen) atoms. The summed E-state index contributed by atoms with van der Waals surface area (Å²) >= 11 is 0. The molecule has 5 nitrogen and oxygen atoms in total. The fraction of sp³-hybridized carbons (Fsp3) is 0.364. The van der Waals surface area contributed by atoms with Crippen molar-refractivity contribution in [2.45, 2.75) is 32.0 Å². The Balaban J connectivity index is 1.85. The van der Waals surface area contributed by atoms with Crippen molar-refractivity contribution in [2.75, 3.05) is 13.6 Å². The van der Waals surface area contributed by atoms with Crippen LogP contribution in [-0.2, 0) is 17.9 Å². The number of primary amides is 1. The molecule has 1 saturated heterocycles. The maximum absolute atomic E-state index is 12.1. The largest absolute Gasteiger partial charge is 0.369 e. The van der Waals surface area contributed by atoms with E-state index >= 15 is 0 Å². The van der Waals surface area contributed by atoms with E-state index in [1.807, 2.05) is 18.2 Å². The highest BCUT2D eigenvalue weighted by molar-refractivity contribution is 5.78. The highest BCUT2D eigenvalue weighted by Crippen LogP contribution is 2.40. The lowest BCUT2D eigenvalue weighted by atomic mass is 9.82. The van der Waals surface area contributed by atoms with Gasteiger partial charge in [-0.05, 0) is 60.3 Å². The first-order valence-corrected chi connectivity index (χ1v) is 9.44. The normalized spacial score (nSPS) is 22.3. The number of amides is 1. The topological polar surface area (TPSA) is 73.4 Å². The van der Waals surface area contributed by atoms with Crippen molar-refractivity contribution in [1.29, 1.82) is 5.26 Å². The van der Waals surface area contributed by atoms with Crippen molar-refractivity contribution in [2.24, 2.45) is 11.7 Å². The average Bonchev–Trinajstić information content (AvgIpc) is 3.11. The Labute approximate surface area is 160 Å². The second-order valence-corrected chi connectivity index (χ2v) is 7.60. The van der Waals surface area contributed by atoms with Gasteiger partial charge in [0.25, 0.3) is 0 Å². The predicted octanol–water partition coefficient (Wildman–Crippen LogP) is 3.02. The molecule has 2 aliphatic rings. The van der Waals surface area contributed by atoms with Gasteiger partial charge in [-0.15, -0.1) is 0 Å². The Kier molecular flexibility index (Phi) is 4.59. The number of carbonyl (C=O) groups is 1. The number of nitriles is 1. The van der Waals surface area contributed by atoms with Gasteiger partial charge in [0.15, 0.2) is 6.19 Å². The van der Waals surface area contributed by atoms with Gasteiger partial charge in [-0.25, -0.2) is 0 Å². The van der Waals surface area contributed by atoms with Crippen molar-refractivity contribution in [3.8, 4) is 17.3 Å². The lowest BCUT2D eigenvalue weighted by Crippen LogP contribution is -2.42. The number of rotatable bonds is 3. The summed E-state index contributed by atoms with van der Waals surface area (Å²) in [7, 11) is 2.07. The maximum Gasteiger partial charge on any atom is 0.222 e. The fourth-order valence-electron chi connectivity index (χ4n) is 4.60. The van der Waals surface area contributed by atoms with Gasteiger partial charge in [-0.1, -0.05) is 36.4 Å². The first kappa shape index (κ1) is 17.6. The van der Waals surface area contributed by atoms with Crippen LogP contribution in [0.4, 0.5) is 0 Å². The molecule has 5 heteroatoms. The molecule has 0 aromatic heterocycles. The van der Waals surface area contributed by atoms with Gasteiger partial charge in [-0.3, -0.25) is 9.69 Å². The Bertz CT molecular complexity index is 903. The summed E-state index contributed by atoms with van der Waals surface area (Å²) < 4.78 is 0. The SMILES string of the molecule is CN1CCCC(C(N)=O)C1c1cc2c(c(-c3ccccc3)c1)CN(C#N)C2. The van der Waals surface area contributed by atoms with E-state index in [9.17, 15) is 10.1 Å². The molecule has 0 aliphatic carbocycles. The molecule has 1 amide bonds. The molecule has 2 heterocycles. The van der Waals surface area contributed by atoms with Gasteiger partial charge in [-0.2, -0.15) is 5.26 Å². The molecular weight excluding hydrogens is 336 g/mol. The van der Waals surface area contributed by atoms with Crippen molar-refractivity contribution < 1.29 is 4.79 Å². The number of carbonyl (C=O) groups excluding carboxylic acids is 1. The molecule has 0 radical (unpaired) electrons. The standard InChI is InChI=1S/C22H24N4O/c1-25-9-5-8-18(22(24)27)21(25)16-10-17-12-26(14-23)13-20(17)19(11-16)15-6-3-2-4-7-15/h2-4,6-7,10-11,18,21H,5,8-9,12-13H2,1H3,(H2,24,27). The Morgan fingerprint density at radius 2 is 2.00 bits per heavy atom. The van der Waals surface area contributed by atoms with Crippen LogP contribution in [0.2, 0.25) is 0 Å². The van der Waals surface area contributed by atoms with Crippen LogP contribution < -0.4 is 5.73 Å². The number of benzene rings is 2. The minimum atomic E-state index is -0.230. The van der Waals surface area contributed by atoms with Gasteiger partial charge in [0.1, 0.15) is 0 Å². The van der Waals surface area contributed by atoms with Crippen molar-refractivity contribution in [3.05, 3.63) is 59.2 Å². The van der Waals surface area contributed by atoms with Gasteiger partial charge in [0.2, 0.25) is 5.91 Å². The first-order valence-electron chi connectivity index (χ1n) is 9.44. The van der Waals surface area contributed by atoms with Crippen LogP contribution in [0.25, 0.3) is 11.1 Å². The Morgan fingerprint density at radius 1 is 1.22 bits per heavy atom. The summed E-state index contributed by atoms with van der Waals surface area (Å²) in [4.78, 5) is 16.1. The summed E-state index contributed by atoms with van der Waals surface area (Å²) in [5, 5.41) is 9.38. The molecule has 1 fully saturated rings. The van der Waals surface area contributed by atoms with E-state index in [1.54, 1.807) is 4.90 Å². The summed E-state index contributed by atoms with van der Waals surface area (Å²) in [6.07, 6.45) is 4.08. The number of hydrogen-bond acceptors (Lipinski definition) is 4. The smallest absolute Gasteiger partial charge is 0.222 e. The van der Waals surface area contributed by atoms with E-state index in [4.69, 9.17) is 5.73 Å². The van der Waals surface area contributed by atoms with E-state index in [0.29, 0.717) is 13.1 Å². The van der Waals surface area contributed by atoms with Crippen LogP contribution in [0.3, 0.4) is 0 Å². The van der Waals surface area contributed by atoms with Crippen LogP contribution in [-0.4, -0.2) is 29.3 Å². The second-order valence-electron chi connectivity index (χ2n) is 7.60. The Morgan fingerprint density at radius 3 is 2.70 bits per heavy atom. The third kappa shape index (κ3) is 3.17. The lowest BCUT2D eigenvalue weighted by molar-refractivity contribution is -0.125. The molecule has 2 aliphatic heterocycles. The number of hydrogen-bond donors (Lipinski definition) is 1. The summed E-state index contributed by atoms with van der Waals surface area (Å²) in [5.41, 5.74) is 11.6. The van der Waals surface area contributed by atoms with Gasteiger partial charge >= 0.3 is 0 Å². The van der Waals surface area contributed by atoms with Crippen molar-refractivity contribution in [1.82, 2.24) is 9.80 Å². The predicted molar refractivity (Wildman–Crippen MR) is 104 cm³/mol. The highest BCUT2D eigenvalue weighted by Gasteiger charge is 2.35. The van der Waals surface area contributed by atoms with Crippen molar-refractivity contribution >= 4 is 5.91 Å². The second kappa shape index (κ2) is 7.05. The number of fused-ring (bicyclic) bond motifs is 1. The number of piperidine rings is 1. The Hall–Kier alpha value is -2.84. The maximum atomic E-state index is 12.1. The number of nitrogens with two attached hydrogens (primary N) is 1. The molecule has 2 aromatic carbocycles. The molecule has 2 unspecified atom stereocenters. The minimum Gasteiger partial charge on any atom is -0.369 e. The molecule has 138 valence electrons. The van der Waals surface area contributed by atoms with E-state index < -0.39 is 0 Å². The summed E-state index contributed by atoms with van der Waals surface area (Å²) in [5.74, 6) is -0.411.